The number of unbranched alkanes of at least 4 members (excludes halogenated alkanes) is 1. The van der Waals surface area contributed by atoms with Crippen molar-refractivity contribution in [1.29, 1.82) is 0 Å². The zero-order chi connectivity index (χ0) is 30.1. The van der Waals surface area contributed by atoms with Crippen molar-refractivity contribution in [1.82, 2.24) is 4.57 Å². The standard InChI is InChI=1S/C40H28B2N2S2/c1-2-3-13-27-39-34-38-35-40(27)46-33-22-24(43-23-11-5-4-6-12-23)20-21-29(33)42(35)31-18-10-15-26-25-14-9-17-30(36(25)44(38)37(26)31)41(34)28-16-7-8-19-32(28)45-39/h4-12,14-22,43H,2-3,13H2,1H3. The van der Waals surface area contributed by atoms with Crippen LogP contribution < -0.4 is 38.1 Å². The number of para-hydroxylation sites is 3. The van der Waals surface area contributed by atoms with E-state index in [1.807, 2.05) is 23.5 Å². The van der Waals surface area contributed by atoms with Crippen LogP contribution >= 0.6 is 23.5 Å². The quantitative estimate of drug-likeness (QED) is 0.222. The molecule has 6 heteroatoms. The van der Waals surface area contributed by atoms with Gasteiger partial charge in [0.15, 0.2) is 0 Å². The van der Waals surface area contributed by atoms with E-state index in [2.05, 4.69) is 126 Å². The van der Waals surface area contributed by atoms with Crippen molar-refractivity contribution in [2.24, 2.45) is 0 Å². The van der Waals surface area contributed by atoms with E-state index in [1.54, 1.807) is 16.5 Å². The van der Waals surface area contributed by atoms with E-state index in [1.165, 1.54) is 81.8 Å². The summed E-state index contributed by atoms with van der Waals surface area (Å²) in [6.45, 7) is 2.79. The minimum absolute atomic E-state index is 0.211. The van der Waals surface area contributed by atoms with E-state index >= 15 is 0 Å². The van der Waals surface area contributed by atoms with E-state index in [0.29, 0.717) is 0 Å². The molecule has 0 saturated heterocycles. The van der Waals surface area contributed by atoms with E-state index in [9.17, 15) is 0 Å². The molecular weight excluding hydrogens is 594 g/mol. The number of nitrogens with zero attached hydrogens (tertiary/aromatic N) is 1. The Bertz CT molecular complexity index is 2470. The van der Waals surface area contributed by atoms with E-state index < -0.39 is 0 Å². The first-order valence-corrected chi connectivity index (χ1v) is 18.1. The Hall–Kier alpha value is -4.25. The molecule has 46 heavy (non-hydrogen) atoms. The SMILES string of the molecule is CCCCc1c2c3c4c5c1Sc1cc(Nc6ccccc6)ccc1B5c1cccc5c6cccc(c6n-4c15)B3c1ccccc1S2. The van der Waals surface area contributed by atoms with E-state index in [-0.39, 0.29) is 13.4 Å². The van der Waals surface area contributed by atoms with Crippen molar-refractivity contribution >= 4 is 103 Å². The average Bonchev–Trinajstić information content (AvgIpc) is 3.44. The lowest BCUT2D eigenvalue weighted by atomic mass is 9.31. The Morgan fingerprint density at radius 1 is 0.609 bits per heavy atom. The van der Waals surface area contributed by atoms with Gasteiger partial charge in [-0.3, -0.25) is 0 Å². The fraction of sp³-hybridized carbons (Fsp3) is 0.100. The molecule has 0 atom stereocenters. The summed E-state index contributed by atoms with van der Waals surface area (Å²) in [6, 6.07) is 41.0. The number of fused-ring (bicyclic) bond motifs is 7. The molecule has 0 amide bonds. The number of benzene rings is 6. The van der Waals surface area contributed by atoms with Crippen LogP contribution in [0.5, 0.6) is 0 Å². The van der Waals surface area contributed by atoms with Gasteiger partial charge < -0.3 is 9.88 Å². The highest BCUT2D eigenvalue weighted by atomic mass is 32.2. The van der Waals surface area contributed by atoms with Crippen molar-refractivity contribution in [2.75, 3.05) is 5.32 Å². The molecule has 216 valence electrons. The van der Waals surface area contributed by atoms with Crippen LogP contribution in [-0.2, 0) is 6.42 Å². The Labute approximate surface area is 277 Å². The first kappa shape index (κ1) is 25.9. The number of anilines is 2. The first-order chi connectivity index (χ1) is 22.8. The first-order valence-electron chi connectivity index (χ1n) is 16.5. The maximum absolute atomic E-state index is 3.68. The molecule has 0 bridgehead atoms. The van der Waals surface area contributed by atoms with Gasteiger partial charge in [0.25, 0.3) is 0 Å². The smallest absolute Gasteiger partial charge is 0.249 e. The van der Waals surface area contributed by atoms with Crippen LogP contribution in [0.3, 0.4) is 0 Å². The molecule has 4 aliphatic heterocycles. The van der Waals surface area contributed by atoms with E-state index in [0.717, 1.165) is 17.8 Å². The van der Waals surface area contributed by atoms with Gasteiger partial charge >= 0.3 is 0 Å². The second-order valence-corrected chi connectivity index (χ2v) is 15.2. The van der Waals surface area contributed by atoms with Crippen LogP contribution in [-0.4, -0.2) is 18.0 Å². The van der Waals surface area contributed by atoms with Gasteiger partial charge in [0, 0.05) is 58.4 Å². The third-order valence-electron chi connectivity index (χ3n) is 10.7. The van der Waals surface area contributed by atoms with Crippen molar-refractivity contribution in [3.63, 3.8) is 0 Å². The highest BCUT2D eigenvalue weighted by Crippen LogP contribution is 2.46. The number of aromatic nitrogens is 1. The Morgan fingerprint density at radius 3 is 1.96 bits per heavy atom. The van der Waals surface area contributed by atoms with Crippen LogP contribution in [0.4, 0.5) is 11.4 Å². The summed E-state index contributed by atoms with van der Waals surface area (Å²) in [7, 11) is 0. The van der Waals surface area contributed by atoms with Crippen LogP contribution in [0.25, 0.3) is 27.5 Å². The molecule has 0 spiro atoms. The minimum Gasteiger partial charge on any atom is -0.355 e. The lowest BCUT2D eigenvalue weighted by Crippen LogP contribution is -2.66. The summed E-state index contributed by atoms with van der Waals surface area (Å²) in [5.41, 5.74) is 17.0. The lowest BCUT2D eigenvalue weighted by molar-refractivity contribution is 0.775. The molecule has 1 N–H and O–H groups in total. The second kappa shape index (κ2) is 9.40. The molecule has 0 fully saturated rings. The van der Waals surface area contributed by atoms with Crippen LogP contribution in [0.1, 0.15) is 25.3 Å². The van der Waals surface area contributed by atoms with Gasteiger partial charge in [-0.2, -0.15) is 0 Å². The highest BCUT2D eigenvalue weighted by molar-refractivity contribution is 8.01. The predicted octanol–water partition coefficient (Wildman–Crippen LogP) is 6.46. The number of hydrogen-bond acceptors (Lipinski definition) is 3. The molecule has 2 nitrogen and oxygen atoms in total. The average molecular weight is 622 g/mol. The topological polar surface area (TPSA) is 17.0 Å². The zero-order valence-corrected chi connectivity index (χ0v) is 27.1. The molecule has 4 aliphatic rings. The van der Waals surface area contributed by atoms with Gasteiger partial charge in [0.2, 0.25) is 13.4 Å². The molecular formula is C40H28B2N2S2. The van der Waals surface area contributed by atoms with Crippen molar-refractivity contribution in [3.8, 4) is 5.69 Å². The van der Waals surface area contributed by atoms with Crippen LogP contribution in [0.15, 0.2) is 129 Å². The van der Waals surface area contributed by atoms with Gasteiger partial charge in [-0.05, 0) is 70.6 Å². The molecule has 7 aromatic rings. The monoisotopic (exact) mass is 622 g/mol. The summed E-state index contributed by atoms with van der Waals surface area (Å²) in [6.07, 6.45) is 3.50. The third kappa shape index (κ3) is 3.24. The van der Waals surface area contributed by atoms with Crippen molar-refractivity contribution in [2.45, 2.75) is 45.8 Å². The fourth-order valence-electron chi connectivity index (χ4n) is 8.85. The molecule has 11 rings (SSSR count). The fourth-order valence-corrected chi connectivity index (χ4v) is 11.6. The number of nitrogens with one attached hydrogen (secondary N) is 1. The molecule has 0 aliphatic carbocycles. The summed E-state index contributed by atoms with van der Waals surface area (Å²) in [5.74, 6) is 0. The molecule has 0 radical (unpaired) electrons. The molecule has 1 aromatic heterocycles. The molecule has 0 unspecified atom stereocenters. The van der Waals surface area contributed by atoms with E-state index in [4.69, 9.17) is 0 Å². The van der Waals surface area contributed by atoms with Crippen molar-refractivity contribution < 1.29 is 0 Å². The van der Waals surface area contributed by atoms with Gasteiger partial charge in [-0.1, -0.05) is 127 Å². The summed E-state index contributed by atoms with van der Waals surface area (Å²) in [5, 5.41) is 6.45. The van der Waals surface area contributed by atoms with Crippen LogP contribution in [0, 0.1) is 0 Å². The third-order valence-corrected chi connectivity index (χ3v) is 13.2. The largest absolute Gasteiger partial charge is 0.355 e. The minimum atomic E-state index is 0.211. The number of hydrogen-bond donors (Lipinski definition) is 1. The number of rotatable bonds is 5. The Kier molecular flexibility index (Phi) is 5.29. The maximum Gasteiger partial charge on any atom is 0.249 e. The predicted molar refractivity (Wildman–Crippen MR) is 200 cm³/mol. The van der Waals surface area contributed by atoms with Crippen LogP contribution in [0.2, 0.25) is 0 Å². The highest BCUT2D eigenvalue weighted by Gasteiger charge is 2.48. The van der Waals surface area contributed by atoms with Gasteiger partial charge in [0.05, 0.1) is 0 Å². The maximum atomic E-state index is 3.68. The summed E-state index contributed by atoms with van der Waals surface area (Å²) >= 11 is 4.05. The van der Waals surface area contributed by atoms with Gasteiger partial charge in [-0.25, -0.2) is 0 Å². The Balaban J connectivity index is 1.27. The van der Waals surface area contributed by atoms with Crippen molar-refractivity contribution in [3.05, 3.63) is 115 Å². The normalized spacial score (nSPS) is 14.2. The molecule has 6 aromatic carbocycles. The second-order valence-electron chi connectivity index (χ2n) is 13.1. The molecule has 0 saturated carbocycles. The van der Waals surface area contributed by atoms with Gasteiger partial charge in [-0.15, -0.1) is 0 Å². The van der Waals surface area contributed by atoms with Gasteiger partial charge in [0.1, 0.15) is 0 Å². The Morgan fingerprint density at radius 2 is 1.24 bits per heavy atom. The lowest BCUT2D eigenvalue weighted by Gasteiger charge is -2.42. The summed E-state index contributed by atoms with van der Waals surface area (Å²) < 4.78 is 2.70. The zero-order valence-electron chi connectivity index (χ0n) is 25.4. The molecule has 5 heterocycles. The summed E-state index contributed by atoms with van der Waals surface area (Å²) in [4.78, 5) is 5.81.